The van der Waals surface area contributed by atoms with Gasteiger partial charge in [-0.25, -0.2) is 0 Å². The van der Waals surface area contributed by atoms with Crippen LogP contribution in [0, 0.1) is 5.92 Å². The summed E-state index contributed by atoms with van der Waals surface area (Å²) < 4.78 is 0. The number of hydrogen-bond acceptors (Lipinski definition) is 1. The van der Waals surface area contributed by atoms with Gasteiger partial charge in [-0.15, -0.1) is 0 Å². The Morgan fingerprint density at radius 1 is 1.13 bits per heavy atom. The number of rotatable bonds is 5. The Morgan fingerprint density at radius 3 is 2.27 bits per heavy atom. The molecule has 1 rings (SSSR count). The van der Waals surface area contributed by atoms with Gasteiger partial charge in [0, 0.05) is 12.3 Å². The molecule has 1 aromatic carbocycles. The summed E-state index contributed by atoms with van der Waals surface area (Å²) in [4.78, 5) is 11.8. The lowest BCUT2D eigenvalue weighted by atomic mass is 9.92. The van der Waals surface area contributed by atoms with E-state index in [0.717, 1.165) is 12.0 Å². The Bertz CT molecular complexity index is 300. The number of carbonyl (C=O) groups is 1. The van der Waals surface area contributed by atoms with Crippen LogP contribution in [-0.2, 0) is 4.79 Å². The van der Waals surface area contributed by atoms with Crippen LogP contribution >= 0.6 is 0 Å². The summed E-state index contributed by atoms with van der Waals surface area (Å²) in [5, 5.41) is 0. The predicted octanol–water partition coefficient (Wildman–Crippen LogP) is 3.80. The van der Waals surface area contributed by atoms with Gasteiger partial charge in [0.1, 0.15) is 5.78 Å². The Labute approximate surface area is 92.5 Å². The summed E-state index contributed by atoms with van der Waals surface area (Å²) in [5.41, 5.74) is 1.13. The van der Waals surface area contributed by atoms with E-state index in [0.29, 0.717) is 18.1 Å². The Morgan fingerprint density at radius 2 is 1.73 bits per heavy atom. The standard InChI is InChI=1S/C14H20O/c1-11(2)9-10-14(15)12(3)13-7-5-4-6-8-13/h4-8,11-12H,9-10H2,1-3H3. The van der Waals surface area contributed by atoms with Crippen molar-refractivity contribution in [2.45, 2.75) is 39.5 Å². The number of Topliss-reactive ketones (excluding diaryl/α,β-unsaturated/α-hetero) is 1. The first-order valence-corrected chi connectivity index (χ1v) is 5.69. The van der Waals surface area contributed by atoms with Gasteiger partial charge in [-0.2, -0.15) is 0 Å². The normalized spacial score (nSPS) is 12.8. The molecule has 82 valence electrons. The molecule has 1 unspecified atom stereocenters. The second-order valence-electron chi connectivity index (χ2n) is 4.53. The van der Waals surface area contributed by atoms with Crippen LogP contribution in [-0.4, -0.2) is 5.78 Å². The highest BCUT2D eigenvalue weighted by Crippen LogP contribution is 2.19. The fourth-order valence-electron chi connectivity index (χ4n) is 1.58. The highest BCUT2D eigenvalue weighted by atomic mass is 16.1. The molecular weight excluding hydrogens is 184 g/mol. The fraction of sp³-hybridized carbons (Fsp3) is 0.500. The molecule has 0 saturated carbocycles. The SMILES string of the molecule is CC(C)CCC(=O)C(C)c1ccccc1. The topological polar surface area (TPSA) is 17.1 Å². The number of hydrogen-bond donors (Lipinski definition) is 0. The third kappa shape index (κ3) is 3.86. The van der Waals surface area contributed by atoms with E-state index in [-0.39, 0.29) is 5.92 Å². The van der Waals surface area contributed by atoms with Gasteiger partial charge in [0.05, 0.1) is 0 Å². The molecule has 0 N–H and O–H groups in total. The molecule has 1 nitrogen and oxygen atoms in total. The smallest absolute Gasteiger partial charge is 0.140 e. The van der Waals surface area contributed by atoms with Gasteiger partial charge in [0.15, 0.2) is 0 Å². The van der Waals surface area contributed by atoms with Gasteiger partial charge in [0.2, 0.25) is 0 Å². The summed E-state index contributed by atoms with van der Waals surface area (Å²) in [6, 6.07) is 10.0. The molecule has 0 spiro atoms. The first-order chi connectivity index (χ1) is 7.11. The molecular formula is C14H20O. The first kappa shape index (κ1) is 12.0. The van der Waals surface area contributed by atoms with Crippen LogP contribution in [0.3, 0.4) is 0 Å². The van der Waals surface area contributed by atoms with Crippen LogP contribution in [0.5, 0.6) is 0 Å². The van der Waals surface area contributed by atoms with Gasteiger partial charge < -0.3 is 0 Å². The minimum atomic E-state index is 0.0462. The minimum absolute atomic E-state index is 0.0462. The molecule has 0 aliphatic heterocycles. The number of ketones is 1. The number of carbonyl (C=O) groups excluding carboxylic acids is 1. The molecule has 1 heteroatoms. The van der Waals surface area contributed by atoms with Crippen LogP contribution in [0.4, 0.5) is 0 Å². The fourth-order valence-corrected chi connectivity index (χ4v) is 1.58. The summed E-state index contributed by atoms with van der Waals surface area (Å²) in [6.45, 7) is 6.30. The molecule has 0 radical (unpaired) electrons. The second-order valence-corrected chi connectivity index (χ2v) is 4.53. The average molecular weight is 204 g/mol. The van der Waals surface area contributed by atoms with Crippen LogP contribution in [0.2, 0.25) is 0 Å². The van der Waals surface area contributed by atoms with Crippen molar-refractivity contribution in [3.05, 3.63) is 35.9 Å². The van der Waals surface area contributed by atoms with Crippen LogP contribution < -0.4 is 0 Å². The van der Waals surface area contributed by atoms with E-state index in [1.165, 1.54) is 0 Å². The van der Waals surface area contributed by atoms with Gasteiger partial charge in [-0.3, -0.25) is 4.79 Å². The summed E-state index contributed by atoms with van der Waals surface area (Å²) in [7, 11) is 0. The first-order valence-electron chi connectivity index (χ1n) is 5.69. The average Bonchev–Trinajstić information content (AvgIpc) is 2.26. The zero-order valence-corrected chi connectivity index (χ0v) is 9.86. The van der Waals surface area contributed by atoms with Crippen molar-refractivity contribution in [2.24, 2.45) is 5.92 Å². The maximum Gasteiger partial charge on any atom is 0.140 e. The van der Waals surface area contributed by atoms with Gasteiger partial charge in [-0.1, -0.05) is 51.1 Å². The van der Waals surface area contributed by atoms with Crippen LogP contribution in [0.15, 0.2) is 30.3 Å². The molecule has 1 atom stereocenters. The molecule has 0 saturated heterocycles. The highest BCUT2D eigenvalue weighted by molar-refractivity contribution is 5.85. The van der Waals surface area contributed by atoms with Crippen molar-refractivity contribution in [1.82, 2.24) is 0 Å². The molecule has 0 aliphatic rings. The largest absolute Gasteiger partial charge is 0.299 e. The van der Waals surface area contributed by atoms with E-state index in [2.05, 4.69) is 13.8 Å². The maximum absolute atomic E-state index is 11.8. The third-order valence-electron chi connectivity index (χ3n) is 2.75. The van der Waals surface area contributed by atoms with Crippen LogP contribution in [0.1, 0.15) is 45.1 Å². The monoisotopic (exact) mass is 204 g/mol. The van der Waals surface area contributed by atoms with E-state index in [1.54, 1.807) is 0 Å². The van der Waals surface area contributed by atoms with E-state index in [1.807, 2.05) is 37.3 Å². The lowest BCUT2D eigenvalue weighted by Crippen LogP contribution is -2.09. The van der Waals surface area contributed by atoms with Crippen molar-refractivity contribution in [3.63, 3.8) is 0 Å². The Hall–Kier alpha value is -1.11. The quantitative estimate of drug-likeness (QED) is 0.713. The maximum atomic E-state index is 11.8. The summed E-state index contributed by atoms with van der Waals surface area (Å²) >= 11 is 0. The van der Waals surface area contributed by atoms with E-state index >= 15 is 0 Å². The van der Waals surface area contributed by atoms with Crippen molar-refractivity contribution in [2.75, 3.05) is 0 Å². The van der Waals surface area contributed by atoms with Gasteiger partial charge in [0.25, 0.3) is 0 Å². The Kier molecular flexibility index (Phi) is 4.54. The second kappa shape index (κ2) is 5.69. The van der Waals surface area contributed by atoms with Gasteiger partial charge in [-0.05, 0) is 17.9 Å². The molecule has 0 fully saturated rings. The molecule has 0 aromatic heterocycles. The molecule has 0 amide bonds. The lowest BCUT2D eigenvalue weighted by Gasteiger charge is -2.11. The third-order valence-corrected chi connectivity index (χ3v) is 2.75. The zero-order chi connectivity index (χ0) is 11.3. The van der Waals surface area contributed by atoms with Crippen LogP contribution in [0.25, 0.3) is 0 Å². The molecule has 15 heavy (non-hydrogen) atoms. The van der Waals surface area contributed by atoms with E-state index < -0.39 is 0 Å². The lowest BCUT2D eigenvalue weighted by molar-refractivity contribution is -0.120. The molecule has 1 aromatic rings. The Balaban J connectivity index is 2.54. The highest BCUT2D eigenvalue weighted by Gasteiger charge is 2.14. The molecule has 0 heterocycles. The summed E-state index contributed by atoms with van der Waals surface area (Å²) in [6.07, 6.45) is 1.70. The summed E-state index contributed by atoms with van der Waals surface area (Å²) in [5.74, 6) is 1.01. The van der Waals surface area contributed by atoms with Crippen molar-refractivity contribution >= 4 is 5.78 Å². The molecule has 0 bridgehead atoms. The minimum Gasteiger partial charge on any atom is -0.299 e. The zero-order valence-electron chi connectivity index (χ0n) is 9.86. The van der Waals surface area contributed by atoms with Crippen molar-refractivity contribution in [3.8, 4) is 0 Å². The van der Waals surface area contributed by atoms with Crippen molar-refractivity contribution < 1.29 is 4.79 Å². The predicted molar refractivity (Wildman–Crippen MR) is 63.9 cm³/mol. The van der Waals surface area contributed by atoms with E-state index in [4.69, 9.17) is 0 Å². The van der Waals surface area contributed by atoms with E-state index in [9.17, 15) is 4.79 Å². The molecule has 0 aliphatic carbocycles. The van der Waals surface area contributed by atoms with Crippen molar-refractivity contribution in [1.29, 1.82) is 0 Å². The van der Waals surface area contributed by atoms with Gasteiger partial charge >= 0.3 is 0 Å². The number of benzene rings is 1.